The van der Waals surface area contributed by atoms with Crippen LogP contribution in [0.3, 0.4) is 0 Å². The minimum atomic E-state index is -1.39. The molecule has 0 saturated heterocycles. The van der Waals surface area contributed by atoms with Crippen LogP contribution in [0.15, 0.2) is 90.1 Å². The molecule has 308 valence electrons. The molecule has 0 spiro atoms. The normalized spacial score (nSPS) is 24.5. The smallest absolute Gasteiger partial charge is 0.254 e. The SMILES string of the molecule is C=CCOC12Oc3ccc(Oc4cccc(C=O)c4)cc3C3C(CCCCO)C(CCCCO)C=C(C(=NOC)CC1N(CCC)C(=O)c1ccc4c(c1)OCO4)C32. The highest BCUT2D eigenvalue weighted by Gasteiger charge is 2.65. The Balaban J connectivity index is 1.43. The molecule has 7 rings (SSSR count). The number of hydrogen-bond donors (Lipinski definition) is 2. The van der Waals surface area contributed by atoms with Gasteiger partial charge < -0.3 is 43.6 Å². The number of amides is 1. The molecule has 6 atom stereocenters. The number of carbonyl (C=O) groups excluding carboxylic acids is 2. The Bertz CT molecular complexity index is 2010. The molecule has 2 heterocycles. The predicted molar refractivity (Wildman–Crippen MR) is 218 cm³/mol. The number of fused-ring (bicyclic) bond motifs is 3. The van der Waals surface area contributed by atoms with Gasteiger partial charge in [0.05, 0.1) is 18.2 Å². The molecular weight excluding hydrogens is 741 g/mol. The lowest BCUT2D eigenvalue weighted by Gasteiger charge is -2.60. The molecule has 1 fully saturated rings. The van der Waals surface area contributed by atoms with E-state index in [0.29, 0.717) is 77.8 Å². The van der Waals surface area contributed by atoms with Crippen LogP contribution in [0, 0.1) is 17.8 Å². The highest BCUT2D eigenvalue weighted by Crippen LogP contribution is 2.62. The molecule has 0 bridgehead atoms. The monoisotopic (exact) mass is 794 g/mol. The molecule has 3 aromatic rings. The zero-order valence-corrected chi connectivity index (χ0v) is 33.3. The Kier molecular flexibility index (Phi) is 13.2. The van der Waals surface area contributed by atoms with Crippen molar-refractivity contribution >= 4 is 17.9 Å². The number of nitrogens with zero attached hydrogens (tertiary/aromatic N) is 2. The molecule has 12 heteroatoms. The molecular formula is C46H54N2O10. The molecule has 2 aliphatic heterocycles. The van der Waals surface area contributed by atoms with Gasteiger partial charge >= 0.3 is 0 Å². The average molecular weight is 795 g/mol. The van der Waals surface area contributed by atoms with Crippen molar-refractivity contribution in [2.24, 2.45) is 22.9 Å². The van der Waals surface area contributed by atoms with Crippen LogP contribution < -0.4 is 18.9 Å². The van der Waals surface area contributed by atoms with Gasteiger partial charge in [0.1, 0.15) is 36.7 Å². The third-order valence-corrected chi connectivity index (χ3v) is 11.8. The molecule has 3 aromatic carbocycles. The lowest BCUT2D eigenvalue weighted by molar-refractivity contribution is -0.254. The van der Waals surface area contributed by atoms with Gasteiger partial charge in [-0.15, -0.1) is 6.58 Å². The quantitative estimate of drug-likeness (QED) is 0.0533. The number of aliphatic hydroxyl groups is 2. The number of hydrogen-bond acceptors (Lipinski definition) is 11. The van der Waals surface area contributed by atoms with Crippen LogP contribution in [0.25, 0.3) is 0 Å². The number of unbranched alkanes of at least 4 members (excludes halogenated alkanes) is 2. The Morgan fingerprint density at radius 2 is 1.76 bits per heavy atom. The van der Waals surface area contributed by atoms with E-state index in [4.69, 9.17) is 28.5 Å². The first kappa shape index (κ1) is 41.0. The second-order valence-corrected chi connectivity index (χ2v) is 15.3. The van der Waals surface area contributed by atoms with Crippen LogP contribution in [0.2, 0.25) is 0 Å². The minimum Gasteiger partial charge on any atom is -0.459 e. The largest absolute Gasteiger partial charge is 0.459 e. The lowest BCUT2D eigenvalue weighted by atomic mass is 9.55. The summed E-state index contributed by atoms with van der Waals surface area (Å²) < 4.78 is 32.0. The summed E-state index contributed by atoms with van der Waals surface area (Å²) in [6, 6.07) is 17.4. The maximum atomic E-state index is 14.9. The summed E-state index contributed by atoms with van der Waals surface area (Å²) in [6.45, 7) is 6.89. The number of oxime groups is 1. The second-order valence-electron chi connectivity index (χ2n) is 15.3. The Hall–Kier alpha value is -5.17. The average Bonchev–Trinajstić information content (AvgIpc) is 3.72. The van der Waals surface area contributed by atoms with E-state index in [1.165, 1.54) is 7.11 Å². The first-order chi connectivity index (χ1) is 28.4. The topological polar surface area (TPSA) is 146 Å². The van der Waals surface area contributed by atoms with Crippen LogP contribution >= 0.6 is 0 Å². The fraction of sp³-hybridized carbons (Fsp3) is 0.457. The zero-order valence-electron chi connectivity index (χ0n) is 33.3. The van der Waals surface area contributed by atoms with Gasteiger partial charge in [-0.3, -0.25) is 9.59 Å². The van der Waals surface area contributed by atoms with Crippen molar-refractivity contribution in [1.29, 1.82) is 0 Å². The van der Waals surface area contributed by atoms with E-state index >= 15 is 0 Å². The van der Waals surface area contributed by atoms with Crippen molar-refractivity contribution < 1.29 is 48.3 Å². The summed E-state index contributed by atoms with van der Waals surface area (Å²) in [5.74, 6) is 0.680. The number of aliphatic hydroxyl groups excluding tert-OH is 2. The van der Waals surface area contributed by atoms with Crippen LogP contribution in [-0.2, 0) is 9.57 Å². The Morgan fingerprint density at radius 3 is 2.52 bits per heavy atom. The lowest BCUT2D eigenvalue weighted by Crippen LogP contribution is -2.70. The van der Waals surface area contributed by atoms with E-state index in [1.807, 2.05) is 36.1 Å². The summed E-state index contributed by atoms with van der Waals surface area (Å²) in [4.78, 5) is 34.0. The third-order valence-electron chi connectivity index (χ3n) is 11.8. The molecule has 12 nitrogen and oxygen atoms in total. The van der Waals surface area contributed by atoms with Crippen LogP contribution in [0.5, 0.6) is 28.7 Å². The van der Waals surface area contributed by atoms with E-state index < -0.39 is 17.7 Å². The van der Waals surface area contributed by atoms with Crippen molar-refractivity contribution in [3.05, 3.63) is 102 Å². The zero-order chi connectivity index (χ0) is 40.6. The number of allylic oxidation sites excluding steroid dienone is 1. The van der Waals surface area contributed by atoms with Gasteiger partial charge in [0, 0.05) is 48.8 Å². The minimum absolute atomic E-state index is 0.0497. The molecule has 4 aliphatic rings. The number of ether oxygens (including phenoxy) is 5. The highest BCUT2D eigenvalue weighted by atomic mass is 16.7. The number of benzene rings is 3. The summed E-state index contributed by atoms with van der Waals surface area (Å²) in [5, 5.41) is 24.4. The van der Waals surface area contributed by atoms with Crippen LogP contribution in [0.1, 0.15) is 90.5 Å². The van der Waals surface area contributed by atoms with Gasteiger partial charge in [-0.1, -0.05) is 49.2 Å². The molecule has 0 aromatic heterocycles. The van der Waals surface area contributed by atoms with Gasteiger partial charge in [-0.25, -0.2) is 0 Å². The summed E-state index contributed by atoms with van der Waals surface area (Å²) >= 11 is 0. The highest BCUT2D eigenvalue weighted by molar-refractivity contribution is 6.03. The van der Waals surface area contributed by atoms with Gasteiger partial charge in [-0.05, 0) is 98.0 Å². The van der Waals surface area contributed by atoms with Crippen LogP contribution in [-0.4, -0.2) is 85.1 Å². The van der Waals surface area contributed by atoms with Gasteiger partial charge in [0.2, 0.25) is 12.6 Å². The van der Waals surface area contributed by atoms with Crippen molar-refractivity contribution in [1.82, 2.24) is 4.90 Å². The van der Waals surface area contributed by atoms with E-state index in [2.05, 4.69) is 17.8 Å². The molecule has 0 radical (unpaired) electrons. The number of aldehydes is 1. The first-order valence-electron chi connectivity index (χ1n) is 20.4. The molecule has 2 N–H and O–H groups in total. The molecule has 6 unspecified atom stereocenters. The van der Waals surface area contributed by atoms with Crippen molar-refractivity contribution in [3.8, 4) is 28.7 Å². The van der Waals surface area contributed by atoms with Crippen LogP contribution in [0.4, 0.5) is 0 Å². The van der Waals surface area contributed by atoms with Crippen molar-refractivity contribution in [2.45, 2.75) is 76.0 Å². The predicted octanol–water partition coefficient (Wildman–Crippen LogP) is 7.84. The van der Waals surface area contributed by atoms with Gasteiger partial charge in [0.15, 0.2) is 11.5 Å². The van der Waals surface area contributed by atoms with Crippen molar-refractivity contribution in [3.63, 3.8) is 0 Å². The van der Waals surface area contributed by atoms with Gasteiger partial charge in [0.25, 0.3) is 5.91 Å². The fourth-order valence-electron chi connectivity index (χ4n) is 9.44. The summed E-state index contributed by atoms with van der Waals surface area (Å²) in [7, 11) is 1.53. The number of carbonyl (C=O) groups is 2. The molecule has 2 aliphatic carbocycles. The van der Waals surface area contributed by atoms with Gasteiger partial charge in [-0.2, -0.15) is 0 Å². The second kappa shape index (κ2) is 18.6. The Morgan fingerprint density at radius 1 is 0.983 bits per heavy atom. The standard InChI is InChI=1S/C46H54N2O10/c1-4-19-48(45(52)32-15-17-40-41(25-32)55-29-54-40)42-27-38(47-53-3)36-24-31(12-6-8-20-49)35(14-7-9-21-50)43-37-26-34(57-33-13-10-11-30(23-33)28-51)16-18-39(37)58-46(42,44(36)43)56-22-5-2/h5,10-11,13,15-18,23-26,28,31,35,42-44,49-50H,2,4,6-9,12,14,19-22,27,29H2,1,3H3. The van der Waals surface area contributed by atoms with E-state index in [1.54, 1.807) is 42.5 Å². The van der Waals surface area contributed by atoms with E-state index in [-0.39, 0.29) is 50.3 Å². The fourth-order valence-corrected chi connectivity index (χ4v) is 9.44. The van der Waals surface area contributed by atoms with E-state index in [9.17, 15) is 19.8 Å². The maximum Gasteiger partial charge on any atom is 0.254 e. The first-order valence-corrected chi connectivity index (χ1v) is 20.4. The van der Waals surface area contributed by atoms with E-state index in [0.717, 1.165) is 43.1 Å². The summed E-state index contributed by atoms with van der Waals surface area (Å²) in [6.07, 6.45) is 10.3. The molecule has 1 saturated carbocycles. The number of rotatable bonds is 19. The Labute approximate surface area is 340 Å². The molecule has 58 heavy (non-hydrogen) atoms. The third kappa shape index (κ3) is 8.10. The molecule has 1 amide bonds. The van der Waals surface area contributed by atoms with Crippen molar-refractivity contribution in [2.75, 3.05) is 40.3 Å². The summed E-state index contributed by atoms with van der Waals surface area (Å²) in [5.41, 5.74) is 3.55. The maximum absolute atomic E-state index is 14.9.